The van der Waals surface area contributed by atoms with Crippen LogP contribution in [0.5, 0.6) is 0 Å². The summed E-state index contributed by atoms with van der Waals surface area (Å²) in [4.78, 5) is 27.1. The van der Waals surface area contributed by atoms with Crippen molar-refractivity contribution in [3.05, 3.63) is 0 Å². The van der Waals surface area contributed by atoms with E-state index in [1.54, 1.807) is 0 Å². The van der Waals surface area contributed by atoms with Crippen LogP contribution in [0.2, 0.25) is 0 Å². The van der Waals surface area contributed by atoms with Gasteiger partial charge in [0, 0.05) is 25.0 Å². The predicted molar refractivity (Wildman–Crippen MR) is 151 cm³/mol. The zero-order valence-corrected chi connectivity index (χ0v) is 24.3. The molecule has 2 heterocycles. The van der Waals surface area contributed by atoms with Crippen molar-refractivity contribution in [2.24, 2.45) is 41.4 Å². The highest BCUT2D eigenvalue weighted by Gasteiger charge is 2.48. The lowest BCUT2D eigenvalue weighted by Crippen LogP contribution is -2.46. The normalized spacial score (nSPS) is 36.3. The summed E-state index contributed by atoms with van der Waals surface area (Å²) in [5.41, 5.74) is -0.423. The van der Waals surface area contributed by atoms with E-state index in [0.717, 1.165) is 75.7 Å². The van der Waals surface area contributed by atoms with Crippen molar-refractivity contribution in [3.8, 4) is 0 Å². The molecule has 0 aromatic heterocycles. The maximum Gasteiger partial charge on any atom is 0.410 e. The predicted octanol–water partition coefficient (Wildman–Crippen LogP) is 4.56. The molecule has 5 rings (SSSR count). The number of amides is 2. The molecule has 38 heavy (non-hydrogen) atoms. The second-order valence-corrected chi connectivity index (χ2v) is 14.4. The quantitative estimate of drug-likeness (QED) is 0.450. The van der Waals surface area contributed by atoms with Crippen LogP contribution in [-0.4, -0.2) is 67.8 Å². The number of hydrogen-bond donors (Lipinski definition) is 3. The van der Waals surface area contributed by atoms with Gasteiger partial charge in [0.25, 0.3) is 0 Å². The molecule has 7 heteroatoms. The average molecular weight is 531 g/mol. The second kappa shape index (κ2) is 12.4. The van der Waals surface area contributed by atoms with Crippen LogP contribution in [0.1, 0.15) is 91.4 Å². The van der Waals surface area contributed by atoms with E-state index < -0.39 is 5.60 Å². The summed E-state index contributed by atoms with van der Waals surface area (Å²) in [6.07, 6.45) is 13.2. The van der Waals surface area contributed by atoms with Gasteiger partial charge in [-0.3, -0.25) is 4.79 Å². The molecular weight excluding hydrogens is 476 g/mol. The van der Waals surface area contributed by atoms with Crippen molar-refractivity contribution in [3.63, 3.8) is 0 Å². The molecule has 216 valence electrons. The fourth-order valence-corrected chi connectivity index (χ4v) is 7.96. The van der Waals surface area contributed by atoms with E-state index >= 15 is 0 Å². The van der Waals surface area contributed by atoms with Gasteiger partial charge < -0.3 is 25.6 Å². The van der Waals surface area contributed by atoms with Gasteiger partial charge in [0.15, 0.2) is 0 Å². The largest absolute Gasteiger partial charge is 0.444 e. The third-order valence-electron chi connectivity index (χ3n) is 10.4. The first-order valence-corrected chi connectivity index (χ1v) is 15.9. The number of fused-ring (bicyclic) bond motifs is 1. The fraction of sp³-hybridized carbons (Fsp3) is 0.935. The van der Waals surface area contributed by atoms with Crippen LogP contribution in [-0.2, 0) is 9.53 Å². The maximum absolute atomic E-state index is 13.0. The monoisotopic (exact) mass is 530 g/mol. The molecule has 0 bridgehead atoms. The first-order valence-electron chi connectivity index (χ1n) is 15.9. The summed E-state index contributed by atoms with van der Waals surface area (Å²) in [6.45, 7) is 11.9. The average Bonchev–Trinajstić information content (AvgIpc) is 3.70. The van der Waals surface area contributed by atoms with Crippen LogP contribution in [0.3, 0.4) is 0 Å². The van der Waals surface area contributed by atoms with Gasteiger partial charge in [0.2, 0.25) is 5.91 Å². The van der Waals surface area contributed by atoms with E-state index in [0.29, 0.717) is 29.7 Å². The minimum atomic E-state index is -0.423. The third-order valence-corrected chi connectivity index (χ3v) is 10.4. The lowest BCUT2D eigenvalue weighted by Gasteiger charge is -2.39. The molecule has 7 nitrogen and oxygen atoms in total. The highest BCUT2D eigenvalue weighted by atomic mass is 16.6. The lowest BCUT2D eigenvalue weighted by atomic mass is 9.73. The lowest BCUT2D eigenvalue weighted by molar-refractivity contribution is -0.124. The molecule has 0 aromatic rings. The van der Waals surface area contributed by atoms with Crippen LogP contribution in [0, 0.1) is 41.4 Å². The molecule has 2 amide bonds. The van der Waals surface area contributed by atoms with E-state index in [2.05, 4.69) is 16.0 Å². The Balaban J connectivity index is 0.926. The zero-order chi connectivity index (χ0) is 26.7. The summed E-state index contributed by atoms with van der Waals surface area (Å²) in [5, 5.41) is 10.8. The third kappa shape index (κ3) is 7.65. The van der Waals surface area contributed by atoms with E-state index in [1.807, 2.05) is 25.7 Å². The molecule has 5 fully saturated rings. The number of hydrogen-bond acceptors (Lipinski definition) is 5. The molecule has 3 saturated carbocycles. The summed E-state index contributed by atoms with van der Waals surface area (Å²) in [7, 11) is 0. The van der Waals surface area contributed by atoms with Crippen LogP contribution in [0.4, 0.5) is 4.79 Å². The van der Waals surface area contributed by atoms with E-state index in [4.69, 9.17) is 4.74 Å². The molecule has 0 radical (unpaired) electrons. The Bertz CT molecular complexity index is 797. The SMILES string of the molecule is CC(C)(C)OC(=O)N1CCC(CNCC2CCC(C3CC3C(=O)NC3CCC4CNCCC4C3)CC2)CC1. The van der Waals surface area contributed by atoms with Gasteiger partial charge in [-0.05, 0) is 153 Å². The minimum absolute atomic E-state index is 0.166. The van der Waals surface area contributed by atoms with E-state index in [-0.39, 0.29) is 6.09 Å². The molecule has 0 spiro atoms. The van der Waals surface area contributed by atoms with Gasteiger partial charge in [0.1, 0.15) is 5.60 Å². The smallest absolute Gasteiger partial charge is 0.410 e. The summed E-state index contributed by atoms with van der Waals surface area (Å²) in [5.74, 6) is 5.17. The van der Waals surface area contributed by atoms with E-state index in [1.165, 1.54) is 57.9 Å². The Labute approximate surface area is 231 Å². The van der Waals surface area contributed by atoms with E-state index in [9.17, 15) is 9.59 Å². The number of rotatable bonds is 7. The molecule has 2 saturated heterocycles. The van der Waals surface area contributed by atoms with Crippen LogP contribution in [0.15, 0.2) is 0 Å². The van der Waals surface area contributed by atoms with Gasteiger partial charge in [-0.1, -0.05) is 0 Å². The van der Waals surface area contributed by atoms with Gasteiger partial charge in [-0.25, -0.2) is 4.79 Å². The van der Waals surface area contributed by atoms with Crippen LogP contribution >= 0.6 is 0 Å². The highest BCUT2D eigenvalue weighted by Crippen LogP contribution is 2.50. The second-order valence-electron chi connectivity index (χ2n) is 14.4. The first-order chi connectivity index (χ1) is 18.2. The Hall–Kier alpha value is -1.34. The zero-order valence-electron chi connectivity index (χ0n) is 24.3. The Morgan fingerprint density at radius 1 is 0.842 bits per heavy atom. The highest BCUT2D eigenvalue weighted by molar-refractivity contribution is 5.81. The molecule has 5 atom stereocenters. The number of carbonyl (C=O) groups is 2. The topological polar surface area (TPSA) is 82.7 Å². The number of piperidine rings is 2. The number of carbonyl (C=O) groups excluding carboxylic acids is 2. The minimum Gasteiger partial charge on any atom is -0.444 e. The van der Waals surface area contributed by atoms with Gasteiger partial charge in [0.05, 0.1) is 0 Å². The molecule has 3 N–H and O–H groups in total. The molecule has 5 aliphatic rings. The van der Waals surface area contributed by atoms with Crippen molar-refractivity contribution in [1.29, 1.82) is 0 Å². The van der Waals surface area contributed by atoms with Gasteiger partial charge in [-0.2, -0.15) is 0 Å². The number of nitrogens with one attached hydrogen (secondary N) is 3. The van der Waals surface area contributed by atoms with Crippen molar-refractivity contribution in [2.45, 2.75) is 103 Å². The standard InChI is InChI=1S/C31H54N4O3/c1-31(2,3)38-30(37)35-14-11-22(12-15-35)19-33-18-21-4-6-23(7-5-21)27-17-28(27)29(36)34-26-9-8-25-20-32-13-10-24(25)16-26/h21-28,32-33H,4-20H2,1-3H3,(H,34,36). The van der Waals surface area contributed by atoms with Crippen molar-refractivity contribution in [2.75, 3.05) is 39.3 Å². The van der Waals surface area contributed by atoms with Gasteiger partial charge in [-0.15, -0.1) is 0 Å². The Morgan fingerprint density at radius 3 is 2.24 bits per heavy atom. The van der Waals surface area contributed by atoms with Crippen molar-refractivity contribution >= 4 is 12.0 Å². The number of likely N-dealkylation sites (tertiary alicyclic amines) is 1. The molecule has 2 aliphatic heterocycles. The van der Waals surface area contributed by atoms with Crippen molar-refractivity contribution < 1.29 is 14.3 Å². The molecular formula is C31H54N4O3. The van der Waals surface area contributed by atoms with Crippen LogP contribution < -0.4 is 16.0 Å². The van der Waals surface area contributed by atoms with Gasteiger partial charge >= 0.3 is 6.09 Å². The Kier molecular flexibility index (Phi) is 9.24. The van der Waals surface area contributed by atoms with Crippen molar-refractivity contribution in [1.82, 2.24) is 20.9 Å². The summed E-state index contributed by atoms with van der Waals surface area (Å²) in [6, 6.07) is 0.425. The first kappa shape index (κ1) is 28.2. The number of ether oxygens (including phenoxy) is 1. The summed E-state index contributed by atoms with van der Waals surface area (Å²) >= 11 is 0. The molecule has 0 aromatic carbocycles. The number of nitrogens with zero attached hydrogens (tertiary/aromatic N) is 1. The Morgan fingerprint density at radius 2 is 1.53 bits per heavy atom. The van der Waals surface area contributed by atoms with Crippen LogP contribution in [0.25, 0.3) is 0 Å². The summed E-state index contributed by atoms with van der Waals surface area (Å²) < 4.78 is 5.52. The molecule has 5 unspecified atom stereocenters. The maximum atomic E-state index is 13.0. The fourth-order valence-electron chi connectivity index (χ4n) is 7.96. The molecule has 3 aliphatic carbocycles.